The van der Waals surface area contributed by atoms with E-state index in [2.05, 4.69) is 4.90 Å². The summed E-state index contributed by atoms with van der Waals surface area (Å²) in [6, 6.07) is 5.49. The molecule has 4 rings (SSSR count). The van der Waals surface area contributed by atoms with Crippen molar-refractivity contribution in [1.82, 2.24) is 9.80 Å². The van der Waals surface area contributed by atoms with Gasteiger partial charge in [0, 0.05) is 38.3 Å². The van der Waals surface area contributed by atoms with Crippen molar-refractivity contribution in [3.05, 3.63) is 23.8 Å². The summed E-state index contributed by atoms with van der Waals surface area (Å²) in [5.41, 5.74) is 0.678. The van der Waals surface area contributed by atoms with Gasteiger partial charge in [0.15, 0.2) is 11.5 Å². The van der Waals surface area contributed by atoms with Gasteiger partial charge >= 0.3 is 0 Å². The Balaban J connectivity index is 1.37. The molecule has 25 heavy (non-hydrogen) atoms. The number of hydrogen-bond acceptors (Lipinski definition) is 5. The smallest absolute Gasteiger partial charge is 0.254 e. The van der Waals surface area contributed by atoms with E-state index in [1.54, 1.807) is 0 Å². The molecular weight excluding hydrogens is 320 g/mol. The Bertz CT molecular complexity index is 615. The molecule has 0 radical (unpaired) electrons. The van der Waals surface area contributed by atoms with Gasteiger partial charge in [0.25, 0.3) is 5.91 Å². The minimum Gasteiger partial charge on any atom is -0.486 e. The summed E-state index contributed by atoms with van der Waals surface area (Å²) in [6.45, 7) is 6.50. The number of carbonyl (C=O) groups excluding carboxylic acids is 1. The van der Waals surface area contributed by atoms with Crippen LogP contribution in [0.3, 0.4) is 0 Å². The van der Waals surface area contributed by atoms with Crippen LogP contribution in [0.1, 0.15) is 29.6 Å². The summed E-state index contributed by atoms with van der Waals surface area (Å²) in [5, 5.41) is 0. The predicted octanol–water partition coefficient (Wildman–Crippen LogP) is 1.78. The van der Waals surface area contributed by atoms with Gasteiger partial charge in [-0.1, -0.05) is 0 Å². The van der Waals surface area contributed by atoms with Crippen LogP contribution in [0.15, 0.2) is 18.2 Å². The second-order valence-corrected chi connectivity index (χ2v) is 6.94. The number of benzene rings is 1. The van der Waals surface area contributed by atoms with Gasteiger partial charge in [-0.2, -0.15) is 0 Å². The maximum atomic E-state index is 12.9. The van der Waals surface area contributed by atoms with Crippen LogP contribution < -0.4 is 9.47 Å². The molecule has 2 saturated heterocycles. The fourth-order valence-electron chi connectivity index (χ4n) is 3.79. The highest BCUT2D eigenvalue weighted by Gasteiger charge is 2.24. The third-order valence-corrected chi connectivity index (χ3v) is 5.15. The zero-order chi connectivity index (χ0) is 17.1. The first-order chi connectivity index (χ1) is 12.3. The molecule has 1 atom stereocenters. The molecule has 136 valence electrons. The third kappa shape index (κ3) is 3.90. The lowest BCUT2D eigenvalue weighted by Crippen LogP contribution is -2.37. The maximum Gasteiger partial charge on any atom is 0.254 e. The number of fused-ring (bicyclic) bond motifs is 1. The van der Waals surface area contributed by atoms with Crippen LogP contribution in [0, 0.1) is 0 Å². The third-order valence-electron chi connectivity index (χ3n) is 5.15. The van der Waals surface area contributed by atoms with Gasteiger partial charge in [0.2, 0.25) is 0 Å². The Morgan fingerprint density at radius 2 is 1.88 bits per heavy atom. The fraction of sp³-hybridized carbons (Fsp3) is 0.632. The first-order valence-electron chi connectivity index (χ1n) is 9.32. The second-order valence-electron chi connectivity index (χ2n) is 6.94. The molecule has 3 aliphatic heterocycles. The molecular formula is C19H26N2O4. The number of amides is 1. The number of nitrogens with zero attached hydrogens (tertiary/aromatic N) is 2. The van der Waals surface area contributed by atoms with E-state index in [4.69, 9.17) is 14.2 Å². The minimum absolute atomic E-state index is 0.0796. The van der Waals surface area contributed by atoms with Crippen molar-refractivity contribution in [2.24, 2.45) is 0 Å². The summed E-state index contributed by atoms with van der Waals surface area (Å²) in [6.07, 6.45) is 3.71. The molecule has 0 aliphatic carbocycles. The lowest BCUT2D eigenvalue weighted by Gasteiger charge is -2.24. The topological polar surface area (TPSA) is 51.2 Å². The Morgan fingerprint density at radius 3 is 2.72 bits per heavy atom. The molecule has 0 saturated carbocycles. The molecule has 0 N–H and O–H groups in total. The van der Waals surface area contributed by atoms with Crippen molar-refractivity contribution >= 4 is 5.91 Å². The maximum absolute atomic E-state index is 12.9. The number of ether oxygens (including phenoxy) is 3. The van der Waals surface area contributed by atoms with E-state index in [9.17, 15) is 4.79 Å². The Hall–Kier alpha value is -1.79. The molecule has 0 bridgehead atoms. The standard InChI is InChI=1S/C19H26N2O4/c22-19(15-4-5-17-18(13-15)25-12-11-24-17)21-7-2-6-20(8-9-21)14-16-3-1-10-23-16/h4-5,13,16H,1-3,6-12,14H2/t16-/m0/s1. The van der Waals surface area contributed by atoms with Gasteiger partial charge in [-0.25, -0.2) is 0 Å². The van der Waals surface area contributed by atoms with Crippen molar-refractivity contribution in [2.75, 3.05) is 52.5 Å². The highest BCUT2D eigenvalue weighted by molar-refractivity contribution is 5.95. The minimum atomic E-state index is 0.0796. The molecule has 2 fully saturated rings. The molecule has 6 heteroatoms. The molecule has 1 amide bonds. The summed E-state index contributed by atoms with van der Waals surface area (Å²) in [7, 11) is 0. The van der Waals surface area contributed by atoms with E-state index in [0.717, 1.165) is 57.9 Å². The number of hydrogen-bond donors (Lipinski definition) is 0. The summed E-state index contributed by atoms with van der Waals surface area (Å²) in [5.74, 6) is 1.48. The Kier molecular flexibility index (Phi) is 5.08. The van der Waals surface area contributed by atoms with Crippen LogP contribution >= 0.6 is 0 Å². The summed E-state index contributed by atoms with van der Waals surface area (Å²) < 4.78 is 16.9. The highest BCUT2D eigenvalue weighted by Crippen LogP contribution is 2.31. The van der Waals surface area contributed by atoms with Gasteiger partial charge in [-0.05, 0) is 44.0 Å². The van der Waals surface area contributed by atoms with Crippen molar-refractivity contribution in [3.63, 3.8) is 0 Å². The molecule has 3 heterocycles. The van der Waals surface area contributed by atoms with Crippen LogP contribution in [-0.4, -0.2) is 74.4 Å². The molecule has 6 nitrogen and oxygen atoms in total. The number of carbonyl (C=O) groups is 1. The van der Waals surface area contributed by atoms with Gasteiger partial charge in [0.05, 0.1) is 6.10 Å². The molecule has 0 unspecified atom stereocenters. The molecule has 0 spiro atoms. The predicted molar refractivity (Wildman–Crippen MR) is 93.4 cm³/mol. The van der Waals surface area contributed by atoms with E-state index < -0.39 is 0 Å². The van der Waals surface area contributed by atoms with Crippen LogP contribution in [0.4, 0.5) is 0 Å². The molecule has 1 aromatic rings. The van der Waals surface area contributed by atoms with Crippen LogP contribution in [-0.2, 0) is 4.74 Å². The van der Waals surface area contributed by atoms with Crippen LogP contribution in [0.2, 0.25) is 0 Å². The van der Waals surface area contributed by atoms with Gasteiger partial charge < -0.3 is 19.1 Å². The lowest BCUT2D eigenvalue weighted by atomic mass is 10.1. The van der Waals surface area contributed by atoms with Gasteiger partial charge in [-0.3, -0.25) is 9.69 Å². The monoisotopic (exact) mass is 346 g/mol. The quantitative estimate of drug-likeness (QED) is 0.835. The summed E-state index contributed by atoms with van der Waals surface area (Å²) >= 11 is 0. The SMILES string of the molecule is O=C(c1ccc2c(c1)OCCO2)N1CCCN(C[C@@H]2CCCO2)CC1. The van der Waals surface area contributed by atoms with E-state index in [0.29, 0.717) is 30.6 Å². The zero-order valence-corrected chi connectivity index (χ0v) is 14.6. The van der Waals surface area contributed by atoms with Crippen molar-refractivity contribution < 1.29 is 19.0 Å². The van der Waals surface area contributed by atoms with E-state index >= 15 is 0 Å². The van der Waals surface area contributed by atoms with Crippen molar-refractivity contribution in [3.8, 4) is 11.5 Å². The molecule has 3 aliphatic rings. The fourth-order valence-corrected chi connectivity index (χ4v) is 3.79. The molecule has 0 aromatic heterocycles. The lowest BCUT2D eigenvalue weighted by molar-refractivity contribution is 0.0703. The van der Waals surface area contributed by atoms with Crippen LogP contribution in [0.5, 0.6) is 11.5 Å². The normalized spacial score (nSPS) is 24.2. The Labute approximate surface area is 148 Å². The van der Waals surface area contributed by atoms with E-state index in [1.165, 1.54) is 6.42 Å². The highest BCUT2D eigenvalue weighted by atomic mass is 16.6. The van der Waals surface area contributed by atoms with Crippen LogP contribution in [0.25, 0.3) is 0 Å². The number of rotatable bonds is 3. The van der Waals surface area contributed by atoms with Crippen molar-refractivity contribution in [2.45, 2.75) is 25.4 Å². The first kappa shape index (κ1) is 16.7. The first-order valence-corrected chi connectivity index (χ1v) is 9.32. The Morgan fingerprint density at radius 1 is 1.00 bits per heavy atom. The van der Waals surface area contributed by atoms with Gasteiger partial charge in [0.1, 0.15) is 13.2 Å². The zero-order valence-electron chi connectivity index (χ0n) is 14.6. The second kappa shape index (κ2) is 7.62. The molecule has 1 aromatic carbocycles. The summed E-state index contributed by atoms with van der Waals surface area (Å²) in [4.78, 5) is 17.3. The largest absolute Gasteiger partial charge is 0.486 e. The average Bonchev–Trinajstić information content (AvgIpc) is 3.05. The average molecular weight is 346 g/mol. The van der Waals surface area contributed by atoms with E-state index in [1.807, 2.05) is 23.1 Å². The van der Waals surface area contributed by atoms with Crippen molar-refractivity contribution in [1.29, 1.82) is 0 Å². The van der Waals surface area contributed by atoms with Gasteiger partial charge in [-0.15, -0.1) is 0 Å². The van der Waals surface area contributed by atoms with E-state index in [-0.39, 0.29) is 5.91 Å².